The molecule has 1 saturated carbocycles. The van der Waals surface area contributed by atoms with Gasteiger partial charge in [-0.15, -0.1) is 0 Å². The van der Waals surface area contributed by atoms with Gasteiger partial charge in [-0.05, 0) is 48.6 Å². The summed E-state index contributed by atoms with van der Waals surface area (Å²) in [6.07, 6.45) is 4.65. The van der Waals surface area contributed by atoms with E-state index in [9.17, 15) is 19.0 Å². The number of nitrogens with zero attached hydrogens (tertiary/aromatic N) is 3. The topological polar surface area (TPSA) is 128 Å². The molecule has 0 atom stereocenters. The largest absolute Gasteiger partial charge is 0.465 e. The Morgan fingerprint density at radius 1 is 1.00 bits per heavy atom. The summed E-state index contributed by atoms with van der Waals surface area (Å²) in [5, 5.41) is 12.0. The highest BCUT2D eigenvalue weighted by atomic mass is 32.3. The number of carbonyl (C=O) groups is 1. The lowest BCUT2D eigenvalue weighted by molar-refractivity contribution is 0.144. The van der Waals surface area contributed by atoms with E-state index in [4.69, 9.17) is 9.72 Å². The van der Waals surface area contributed by atoms with Crippen LogP contribution < -0.4 is 14.4 Å². The van der Waals surface area contributed by atoms with Crippen molar-refractivity contribution in [3.05, 3.63) is 90.8 Å². The number of pyridine rings is 2. The van der Waals surface area contributed by atoms with Crippen molar-refractivity contribution < 1.29 is 23.7 Å². The fourth-order valence-corrected chi connectivity index (χ4v) is 6.36. The molecule has 2 aliphatic rings. The zero-order chi connectivity index (χ0) is 26.3. The molecular weight excluding hydrogens is 504 g/mol. The molecule has 1 aliphatic carbocycles. The molecular formula is C28H26N4O5S. The molecule has 1 aliphatic heterocycles. The first-order valence-electron chi connectivity index (χ1n) is 12.2. The Bertz CT molecular complexity index is 1480. The van der Waals surface area contributed by atoms with Gasteiger partial charge in [0, 0.05) is 17.3 Å². The predicted molar refractivity (Wildman–Crippen MR) is 147 cm³/mol. The number of ether oxygens (including phenoxy) is 1. The molecule has 1 fully saturated rings. The van der Waals surface area contributed by atoms with Crippen LogP contribution in [0, 0.1) is 0 Å². The third-order valence-corrected chi connectivity index (χ3v) is 8.49. The van der Waals surface area contributed by atoms with Gasteiger partial charge in [-0.3, -0.25) is 14.1 Å². The molecule has 0 saturated heterocycles. The number of fused-ring (bicyclic) bond motifs is 1. The number of anilines is 2. The number of rotatable bonds is 5. The van der Waals surface area contributed by atoms with E-state index in [0.29, 0.717) is 17.1 Å². The van der Waals surface area contributed by atoms with Crippen LogP contribution in [0.25, 0.3) is 22.4 Å². The van der Waals surface area contributed by atoms with Crippen LogP contribution in [0.2, 0.25) is 0 Å². The molecule has 0 radical (unpaired) electrons. The molecule has 2 aromatic carbocycles. The first-order valence-corrected chi connectivity index (χ1v) is 13.9. The fraction of sp³-hybridized carbons (Fsp3) is 0.179. The highest BCUT2D eigenvalue weighted by molar-refractivity contribution is 8.25. The summed E-state index contributed by atoms with van der Waals surface area (Å²) in [5.41, 5.74) is 4.49. The highest BCUT2D eigenvalue weighted by Gasteiger charge is 2.40. The van der Waals surface area contributed by atoms with Gasteiger partial charge in [-0.2, -0.15) is 0 Å². The van der Waals surface area contributed by atoms with Crippen molar-refractivity contribution in [3.63, 3.8) is 0 Å². The molecule has 0 unspecified atom stereocenters. The zero-order valence-corrected chi connectivity index (χ0v) is 21.1. The van der Waals surface area contributed by atoms with Crippen LogP contribution in [0.1, 0.15) is 24.8 Å². The third-order valence-electron chi connectivity index (χ3n) is 7.06. The van der Waals surface area contributed by atoms with E-state index >= 15 is 0 Å². The summed E-state index contributed by atoms with van der Waals surface area (Å²) in [7, 11) is -3.32. The molecule has 9 nitrogen and oxygen atoms in total. The molecule has 6 rings (SSSR count). The van der Waals surface area contributed by atoms with E-state index in [1.54, 1.807) is 24.5 Å². The Labute approximate surface area is 221 Å². The number of hydrogen-bond acceptors (Lipinski definition) is 7. The Hall–Kier alpha value is -4.12. The lowest BCUT2D eigenvalue weighted by Gasteiger charge is -2.46. The maximum atomic E-state index is 11.4. The van der Waals surface area contributed by atoms with Crippen LogP contribution in [0.5, 0.6) is 5.88 Å². The second kappa shape index (κ2) is 9.32. The van der Waals surface area contributed by atoms with Gasteiger partial charge in [0.2, 0.25) is 5.88 Å². The first kappa shape index (κ1) is 24.2. The molecule has 0 bridgehead atoms. The zero-order valence-electron chi connectivity index (χ0n) is 20.3. The van der Waals surface area contributed by atoms with Crippen LogP contribution in [0.4, 0.5) is 16.2 Å². The van der Waals surface area contributed by atoms with Gasteiger partial charge in [-0.1, -0.05) is 65.4 Å². The van der Waals surface area contributed by atoms with Crippen molar-refractivity contribution in [1.82, 2.24) is 15.3 Å². The second-order valence-electron chi connectivity index (χ2n) is 9.42. The molecule has 38 heavy (non-hydrogen) atoms. The summed E-state index contributed by atoms with van der Waals surface area (Å²) < 4.78 is 29.1. The highest BCUT2D eigenvalue weighted by Crippen LogP contribution is 2.57. The van der Waals surface area contributed by atoms with E-state index < -0.39 is 22.4 Å². The number of hydrogen-bond donors (Lipinski definition) is 4. The van der Waals surface area contributed by atoms with Crippen LogP contribution in [0.3, 0.4) is 0 Å². The molecule has 194 valence electrons. The molecule has 4 aromatic rings. The van der Waals surface area contributed by atoms with E-state index in [-0.39, 0.29) is 11.8 Å². The van der Waals surface area contributed by atoms with Crippen molar-refractivity contribution in [1.29, 1.82) is 0 Å². The Kier molecular flexibility index (Phi) is 5.94. The van der Waals surface area contributed by atoms with Crippen molar-refractivity contribution in [3.8, 4) is 28.3 Å². The van der Waals surface area contributed by atoms with Gasteiger partial charge in [0.25, 0.3) is 0 Å². The number of amides is 1. The molecule has 10 heteroatoms. The van der Waals surface area contributed by atoms with Crippen molar-refractivity contribution in [2.24, 2.45) is 0 Å². The van der Waals surface area contributed by atoms with E-state index in [1.807, 2.05) is 60.7 Å². The molecule has 4 N–H and O–H groups in total. The standard InChI is InChI=1S/C28H26N4O5S/c33-27(34)31-28(13-5-14-28)21-11-9-20(10-12-21)25-23(19-6-2-1-3-7-19)16-24-26(30-25)37-18-38(35,36)32(24)22-8-4-15-29-17-22/h1-4,6-12,15-17,31,35-36H,5,13-14,18H2,(H,33,34). The second-order valence-corrected chi connectivity index (χ2v) is 11.3. The van der Waals surface area contributed by atoms with Crippen molar-refractivity contribution in [2.45, 2.75) is 24.8 Å². The van der Waals surface area contributed by atoms with Gasteiger partial charge in [-0.25, -0.2) is 14.1 Å². The van der Waals surface area contributed by atoms with Crippen LogP contribution in [-0.4, -0.2) is 36.2 Å². The molecule has 3 heterocycles. The minimum absolute atomic E-state index is 0.279. The first-order chi connectivity index (χ1) is 18.4. The van der Waals surface area contributed by atoms with Crippen LogP contribution in [-0.2, 0) is 5.54 Å². The summed E-state index contributed by atoms with van der Waals surface area (Å²) in [5.74, 6) is -0.0456. The van der Waals surface area contributed by atoms with Gasteiger partial charge in [0.15, 0.2) is 5.94 Å². The van der Waals surface area contributed by atoms with Gasteiger partial charge < -0.3 is 15.2 Å². The lowest BCUT2D eigenvalue weighted by Crippen LogP contribution is -2.50. The van der Waals surface area contributed by atoms with Crippen molar-refractivity contribution >= 4 is 28.2 Å². The molecule has 2 aromatic heterocycles. The average Bonchev–Trinajstić information content (AvgIpc) is 2.91. The van der Waals surface area contributed by atoms with E-state index in [0.717, 1.165) is 41.5 Å². The van der Waals surface area contributed by atoms with Gasteiger partial charge in [0.1, 0.15) is 5.69 Å². The normalized spacial score (nSPS) is 17.9. The van der Waals surface area contributed by atoms with Gasteiger partial charge in [0.05, 0.1) is 23.1 Å². The Morgan fingerprint density at radius 3 is 2.39 bits per heavy atom. The maximum Gasteiger partial charge on any atom is 0.405 e. The van der Waals surface area contributed by atoms with E-state index in [2.05, 4.69) is 10.3 Å². The predicted octanol–water partition coefficient (Wildman–Crippen LogP) is 6.61. The quantitative estimate of drug-likeness (QED) is 0.227. The monoisotopic (exact) mass is 530 g/mol. The summed E-state index contributed by atoms with van der Waals surface area (Å²) >= 11 is 0. The lowest BCUT2D eigenvalue weighted by atomic mass is 9.71. The maximum absolute atomic E-state index is 11.4. The summed E-state index contributed by atoms with van der Waals surface area (Å²) in [6, 6.07) is 22.9. The Balaban J connectivity index is 1.48. The average molecular weight is 531 g/mol. The third kappa shape index (κ3) is 4.22. The summed E-state index contributed by atoms with van der Waals surface area (Å²) in [6.45, 7) is 0. The minimum atomic E-state index is -3.32. The molecule has 0 spiro atoms. The minimum Gasteiger partial charge on any atom is -0.465 e. The number of nitrogens with one attached hydrogen (secondary N) is 1. The Morgan fingerprint density at radius 2 is 1.76 bits per heavy atom. The van der Waals surface area contributed by atoms with Gasteiger partial charge >= 0.3 is 6.09 Å². The summed E-state index contributed by atoms with van der Waals surface area (Å²) in [4.78, 5) is 20.4. The molecule has 1 amide bonds. The van der Waals surface area contributed by atoms with Crippen molar-refractivity contribution in [2.75, 3.05) is 10.2 Å². The van der Waals surface area contributed by atoms with Crippen LogP contribution >= 0.6 is 10.8 Å². The number of carboxylic acid groups (broad SMARTS) is 1. The smallest absolute Gasteiger partial charge is 0.405 e. The number of aromatic nitrogens is 2. The number of benzene rings is 2. The SMILES string of the molecule is O=C(O)NC1(c2ccc(-c3nc4c(cc3-c3ccccc3)N(c3cccnc3)S(O)(O)CO4)cc2)CCC1. The van der Waals surface area contributed by atoms with E-state index in [1.165, 1.54) is 4.31 Å². The van der Waals surface area contributed by atoms with Crippen LogP contribution in [0.15, 0.2) is 85.2 Å². The fourth-order valence-electron chi connectivity index (χ4n) is 5.09.